The van der Waals surface area contributed by atoms with E-state index in [2.05, 4.69) is 5.32 Å². The highest BCUT2D eigenvalue weighted by Gasteiger charge is 2.39. The van der Waals surface area contributed by atoms with Crippen molar-refractivity contribution in [1.29, 1.82) is 0 Å². The molecule has 1 saturated carbocycles. The van der Waals surface area contributed by atoms with Crippen molar-refractivity contribution in [2.24, 2.45) is 5.73 Å². The molecular weight excluding hydrogens is 279 g/mol. The number of hydrogen-bond donors (Lipinski definition) is 2. The van der Waals surface area contributed by atoms with E-state index >= 15 is 0 Å². The third-order valence-corrected chi connectivity index (χ3v) is 4.09. The summed E-state index contributed by atoms with van der Waals surface area (Å²) in [6.07, 6.45) is 3.24. The number of methoxy groups -OCH3 is 1. The summed E-state index contributed by atoms with van der Waals surface area (Å²) < 4.78 is 18.9. The number of amides is 1. The molecule has 1 fully saturated rings. The fourth-order valence-electron chi connectivity index (χ4n) is 2.59. The van der Waals surface area contributed by atoms with Gasteiger partial charge in [0.25, 0.3) is 5.91 Å². The minimum absolute atomic E-state index is 0.113. The quantitative estimate of drug-likeness (QED) is 0.836. The molecule has 0 bridgehead atoms. The van der Waals surface area contributed by atoms with Crippen molar-refractivity contribution in [3.8, 4) is 5.75 Å². The monoisotopic (exact) mass is 296 g/mol. The second-order valence-corrected chi connectivity index (χ2v) is 5.36. The molecule has 0 atom stereocenters. The zero-order chi connectivity index (χ0) is 14.8. The summed E-state index contributed by atoms with van der Waals surface area (Å²) in [6.45, 7) is 0. The van der Waals surface area contributed by atoms with Crippen LogP contribution >= 0.6 is 12.2 Å². The number of hydrogen-bond acceptors (Lipinski definition) is 3. The molecular formula is C14H17FN2O2S. The number of nitrogens with one attached hydrogen (secondary N) is 1. The SMILES string of the molecule is COc1cccc(F)c1C(=O)NC1(C(N)=S)CCCC1. The van der Waals surface area contributed by atoms with Crippen LogP contribution in [0.1, 0.15) is 36.0 Å². The Labute approximate surface area is 122 Å². The first kappa shape index (κ1) is 14.7. The van der Waals surface area contributed by atoms with E-state index in [1.807, 2.05) is 0 Å². The van der Waals surface area contributed by atoms with Gasteiger partial charge in [0.2, 0.25) is 0 Å². The molecule has 1 amide bonds. The number of rotatable bonds is 4. The van der Waals surface area contributed by atoms with Crippen molar-refractivity contribution in [1.82, 2.24) is 5.32 Å². The second-order valence-electron chi connectivity index (χ2n) is 4.92. The predicted octanol–water partition coefficient (Wildman–Crippen LogP) is 2.16. The molecule has 0 spiro atoms. The fraction of sp³-hybridized carbons (Fsp3) is 0.429. The van der Waals surface area contributed by atoms with Gasteiger partial charge in [-0.15, -0.1) is 0 Å². The summed E-state index contributed by atoms with van der Waals surface area (Å²) in [4.78, 5) is 12.6. The van der Waals surface area contributed by atoms with Gasteiger partial charge in [0.1, 0.15) is 17.1 Å². The van der Waals surface area contributed by atoms with E-state index in [0.29, 0.717) is 12.8 Å². The molecule has 20 heavy (non-hydrogen) atoms. The molecule has 0 saturated heterocycles. The first-order valence-corrected chi connectivity index (χ1v) is 6.86. The van der Waals surface area contributed by atoms with Crippen LogP contribution in [0.25, 0.3) is 0 Å². The van der Waals surface area contributed by atoms with Crippen LogP contribution in [0.2, 0.25) is 0 Å². The molecule has 1 aromatic carbocycles. The summed E-state index contributed by atoms with van der Waals surface area (Å²) >= 11 is 5.07. The van der Waals surface area contributed by atoms with Crippen molar-refractivity contribution in [2.45, 2.75) is 31.2 Å². The highest BCUT2D eigenvalue weighted by Crippen LogP contribution is 2.31. The largest absolute Gasteiger partial charge is 0.496 e. The van der Waals surface area contributed by atoms with E-state index < -0.39 is 17.3 Å². The molecule has 1 aliphatic rings. The number of nitrogens with two attached hydrogens (primary N) is 1. The second kappa shape index (κ2) is 5.75. The number of thiocarbonyl (C=S) groups is 1. The maximum atomic E-state index is 13.9. The third kappa shape index (κ3) is 2.60. The van der Waals surface area contributed by atoms with Gasteiger partial charge in [0.05, 0.1) is 17.6 Å². The number of carbonyl (C=O) groups is 1. The smallest absolute Gasteiger partial charge is 0.258 e. The number of halogens is 1. The Kier molecular flexibility index (Phi) is 4.23. The highest BCUT2D eigenvalue weighted by molar-refractivity contribution is 7.80. The van der Waals surface area contributed by atoms with Crippen molar-refractivity contribution >= 4 is 23.1 Å². The average molecular weight is 296 g/mol. The van der Waals surface area contributed by atoms with Gasteiger partial charge in [0, 0.05) is 0 Å². The summed E-state index contributed by atoms with van der Waals surface area (Å²) in [6, 6.07) is 4.25. The van der Waals surface area contributed by atoms with Gasteiger partial charge in [-0.1, -0.05) is 31.1 Å². The van der Waals surface area contributed by atoms with Crippen LogP contribution in [-0.2, 0) is 0 Å². The lowest BCUT2D eigenvalue weighted by Gasteiger charge is -2.29. The standard InChI is InChI=1S/C14H17FN2O2S/c1-19-10-6-4-5-9(15)11(10)12(18)17-14(13(16)20)7-2-3-8-14/h4-6H,2-3,7-8H2,1H3,(H2,16,20)(H,17,18). The predicted molar refractivity (Wildman–Crippen MR) is 78.4 cm³/mol. The van der Waals surface area contributed by atoms with Crippen LogP contribution in [0.3, 0.4) is 0 Å². The van der Waals surface area contributed by atoms with Crippen LogP contribution < -0.4 is 15.8 Å². The summed E-state index contributed by atoms with van der Waals surface area (Å²) in [7, 11) is 1.39. The zero-order valence-electron chi connectivity index (χ0n) is 11.2. The minimum Gasteiger partial charge on any atom is -0.496 e. The van der Waals surface area contributed by atoms with E-state index in [-0.39, 0.29) is 16.3 Å². The molecule has 0 aromatic heterocycles. The molecule has 1 aromatic rings. The molecule has 0 heterocycles. The fourth-order valence-corrected chi connectivity index (χ4v) is 2.84. The average Bonchev–Trinajstić information content (AvgIpc) is 2.88. The summed E-state index contributed by atoms with van der Waals surface area (Å²) in [5, 5.41) is 2.80. The molecule has 4 nitrogen and oxygen atoms in total. The first-order valence-electron chi connectivity index (χ1n) is 6.45. The number of carbonyl (C=O) groups excluding carboxylic acids is 1. The van der Waals surface area contributed by atoms with Crippen LogP contribution in [0.4, 0.5) is 4.39 Å². The van der Waals surface area contributed by atoms with Gasteiger partial charge < -0.3 is 15.8 Å². The normalized spacial score (nSPS) is 16.7. The van der Waals surface area contributed by atoms with E-state index in [1.165, 1.54) is 19.2 Å². The topological polar surface area (TPSA) is 64.3 Å². The van der Waals surface area contributed by atoms with E-state index in [1.54, 1.807) is 6.07 Å². The Morgan fingerprint density at radius 1 is 1.45 bits per heavy atom. The van der Waals surface area contributed by atoms with E-state index in [4.69, 9.17) is 22.7 Å². The van der Waals surface area contributed by atoms with Crippen LogP contribution in [-0.4, -0.2) is 23.5 Å². The molecule has 6 heteroatoms. The van der Waals surface area contributed by atoms with Crippen molar-refractivity contribution in [3.63, 3.8) is 0 Å². The van der Waals surface area contributed by atoms with Crippen molar-refractivity contribution in [3.05, 3.63) is 29.6 Å². The molecule has 1 aliphatic carbocycles. The van der Waals surface area contributed by atoms with E-state index in [9.17, 15) is 9.18 Å². The molecule has 3 N–H and O–H groups in total. The van der Waals surface area contributed by atoms with Gasteiger partial charge in [-0.25, -0.2) is 4.39 Å². The summed E-state index contributed by atoms with van der Waals surface area (Å²) in [5.74, 6) is -0.980. The third-order valence-electron chi connectivity index (χ3n) is 3.70. The Balaban J connectivity index is 2.30. The lowest BCUT2D eigenvalue weighted by molar-refractivity contribution is 0.0917. The van der Waals surface area contributed by atoms with Crippen molar-refractivity contribution < 1.29 is 13.9 Å². The highest BCUT2D eigenvalue weighted by atomic mass is 32.1. The molecule has 0 unspecified atom stereocenters. The molecule has 108 valence electrons. The lowest BCUT2D eigenvalue weighted by Crippen LogP contribution is -2.55. The molecule has 2 rings (SSSR count). The van der Waals surface area contributed by atoms with Gasteiger partial charge in [0.15, 0.2) is 0 Å². The molecule has 0 aliphatic heterocycles. The van der Waals surface area contributed by atoms with E-state index in [0.717, 1.165) is 12.8 Å². The first-order chi connectivity index (χ1) is 9.50. The van der Waals surface area contributed by atoms with Crippen LogP contribution in [0.5, 0.6) is 5.75 Å². The van der Waals surface area contributed by atoms with Gasteiger partial charge in [-0.05, 0) is 25.0 Å². The Bertz CT molecular complexity index is 542. The Hall–Kier alpha value is -1.69. The maximum absolute atomic E-state index is 13.9. The Morgan fingerprint density at radius 3 is 2.65 bits per heavy atom. The van der Waals surface area contributed by atoms with Gasteiger partial charge >= 0.3 is 0 Å². The van der Waals surface area contributed by atoms with Gasteiger partial charge in [-0.2, -0.15) is 0 Å². The van der Waals surface area contributed by atoms with Crippen LogP contribution in [0, 0.1) is 5.82 Å². The van der Waals surface area contributed by atoms with Crippen molar-refractivity contribution in [2.75, 3.05) is 7.11 Å². The number of benzene rings is 1. The van der Waals surface area contributed by atoms with Gasteiger partial charge in [-0.3, -0.25) is 4.79 Å². The summed E-state index contributed by atoms with van der Waals surface area (Å²) in [5.41, 5.74) is 4.94. The molecule has 0 radical (unpaired) electrons. The maximum Gasteiger partial charge on any atom is 0.258 e. The zero-order valence-corrected chi connectivity index (χ0v) is 12.1. The minimum atomic E-state index is -0.709. The number of ether oxygens (including phenoxy) is 1. The van der Waals surface area contributed by atoms with Crippen LogP contribution in [0.15, 0.2) is 18.2 Å². The lowest BCUT2D eigenvalue weighted by atomic mass is 9.96. The Morgan fingerprint density at radius 2 is 2.10 bits per heavy atom.